The number of anilines is 1. The van der Waals surface area contributed by atoms with Gasteiger partial charge in [-0.2, -0.15) is 0 Å². The van der Waals surface area contributed by atoms with Crippen molar-refractivity contribution >= 4 is 51.2 Å². The molecule has 1 aromatic carbocycles. The number of benzene rings is 1. The highest BCUT2D eigenvalue weighted by Crippen LogP contribution is 2.38. The Bertz CT molecular complexity index is 886. The van der Waals surface area contributed by atoms with Crippen LogP contribution in [-0.2, 0) is 16.1 Å². The van der Waals surface area contributed by atoms with Crippen LogP contribution in [0.1, 0.15) is 22.8 Å². The molecule has 1 N–H and O–H groups in total. The second kappa shape index (κ2) is 7.82. The van der Waals surface area contributed by atoms with Crippen molar-refractivity contribution in [3.8, 4) is 10.4 Å². The van der Waals surface area contributed by atoms with Gasteiger partial charge in [-0.05, 0) is 29.1 Å². The lowest BCUT2D eigenvalue weighted by molar-refractivity contribution is -0.114. The summed E-state index contributed by atoms with van der Waals surface area (Å²) in [5.74, 6) is -0.699. The number of hydrogen-bond donors (Lipinski definition) is 1. The first-order valence-corrected chi connectivity index (χ1v) is 9.53. The first-order valence-electron chi connectivity index (χ1n) is 7.39. The third-order valence-electron chi connectivity index (χ3n) is 3.35. The molecule has 0 saturated carbocycles. The standard InChI is InChI=1S/C18H14ClNO3S2/c1-11(21)20-17-16(14(10-25-17)15-3-2-8-24-15)18(22)23-9-12-4-6-13(19)7-5-12/h2-8,10H,9H2,1H3,(H,20,21). The number of amides is 1. The van der Waals surface area contributed by atoms with Crippen molar-refractivity contribution in [1.82, 2.24) is 0 Å². The maximum absolute atomic E-state index is 12.7. The van der Waals surface area contributed by atoms with Gasteiger partial charge in [-0.1, -0.05) is 29.8 Å². The van der Waals surface area contributed by atoms with Gasteiger partial charge in [0.25, 0.3) is 0 Å². The van der Waals surface area contributed by atoms with Crippen LogP contribution in [0.4, 0.5) is 5.00 Å². The topological polar surface area (TPSA) is 55.4 Å². The molecule has 0 spiro atoms. The number of thiophene rings is 2. The third kappa shape index (κ3) is 4.28. The largest absolute Gasteiger partial charge is 0.457 e. The molecule has 0 bridgehead atoms. The predicted molar refractivity (Wildman–Crippen MR) is 103 cm³/mol. The molecule has 0 unspecified atom stereocenters. The van der Waals surface area contributed by atoms with Crippen LogP contribution in [0.3, 0.4) is 0 Å². The number of halogens is 1. The molecule has 0 aliphatic heterocycles. The summed E-state index contributed by atoms with van der Waals surface area (Å²) in [6, 6.07) is 10.9. The quantitative estimate of drug-likeness (QED) is 0.588. The summed E-state index contributed by atoms with van der Waals surface area (Å²) in [4.78, 5) is 25.1. The van der Waals surface area contributed by atoms with Crippen molar-refractivity contribution in [2.75, 3.05) is 5.32 Å². The van der Waals surface area contributed by atoms with Crippen LogP contribution >= 0.6 is 34.3 Å². The minimum Gasteiger partial charge on any atom is -0.457 e. The van der Waals surface area contributed by atoms with Gasteiger partial charge in [0.2, 0.25) is 5.91 Å². The Morgan fingerprint density at radius 3 is 2.56 bits per heavy atom. The van der Waals surface area contributed by atoms with Gasteiger partial charge < -0.3 is 10.1 Å². The SMILES string of the molecule is CC(=O)Nc1scc(-c2cccs2)c1C(=O)OCc1ccc(Cl)cc1. The summed E-state index contributed by atoms with van der Waals surface area (Å²) in [5, 5.41) is 7.63. The van der Waals surface area contributed by atoms with E-state index >= 15 is 0 Å². The average molecular weight is 392 g/mol. The van der Waals surface area contributed by atoms with Gasteiger partial charge in [-0.3, -0.25) is 4.79 Å². The van der Waals surface area contributed by atoms with Gasteiger partial charge in [0, 0.05) is 27.8 Å². The highest BCUT2D eigenvalue weighted by atomic mass is 35.5. The molecule has 1 amide bonds. The molecule has 0 atom stereocenters. The Hall–Kier alpha value is -2.15. The predicted octanol–water partition coefficient (Wildman–Crippen LogP) is 5.45. The van der Waals surface area contributed by atoms with E-state index in [1.165, 1.54) is 29.6 Å². The lowest BCUT2D eigenvalue weighted by Gasteiger charge is -2.08. The van der Waals surface area contributed by atoms with E-state index in [9.17, 15) is 9.59 Å². The maximum Gasteiger partial charge on any atom is 0.342 e. The monoisotopic (exact) mass is 391 g/mol. The lowest BCUT2D eigenvalue weighted by Crippen LogP contribution is -2.11. The molecule has 128 valence electrons. The third-order valence-corrected chi connectivity index (χ3v) is 5.41. The van der Waals surface area contributed by atoms with Crippen LogP contribution in [0.25, 0.3) is 10.4 Å². The van der Waals surface area contributed by atoms with E-state index in [1.54, 1.807) is 24.3 Å². The van der Waals surface area contributed by atoms with Crippen LogP contribution in [0.5, 0.6) is 0 Å². The Morgan fingerprint density at radius 2 is 1.92 bits per heavy atom. The van der Waals surface area contributed by atoms with E-state index < -0.39 is 5.97 Å². The van der Waals surface area contributed by atoms with E-state index in [-0.39, 0.29) is 12.5 Å². The smallest absolute Gasteiger partial charge is 0.342 e. The molecule has 7 heteroatoms. The first-order chi connectivity index (χ1) is 12.0. The Labute approximate surface area is 158 Å². The van der Waals surface area contributed by atoms with Crippen LogP contribution < -0.4 is 5.32 Å². The van der Waals surface area contributed by atoms with Crippen LogP contribution in [0.2, 0.25) is 5.02 Å². The van der Waals surface area contributed by atoms with Gasteiger partial charge >= 0.3 is 5.97 Å². The average Bonchev–Trinajstić information content (AvgIpc) is 3.23. The highest BCUT2D eigenvalue weighted by Gasteiger charge is 2.23. The maximum atomic E-state index is 12.7. The van der Waals surface area contributed by atoms with Gasteiger partial charge in [0.1, 0.15) is 17.2 Å². The van der Waals surface area contributed by atoms with E-state index in [2.05, 4.69) is 5.32 Å². The number of nitrogens with one attached hydrogen (secondary N) is 1. The summed E-state index contributed by atoms with van der Waals surface area (Å²) in [6.07, 6.45) is 0. The van der Waals surface area contributed by atoms with Crippen LogP contribution in [0, 0.1) is 0 Å². The minimum absolute atomic E-state index is 0.134. The Balaban J connectivity index is 1.85. The fraction of sp³-hybridized carbons (Fsp3) is 0.111. The lowest BCUT2D eigenvalue weighted by atomic mass is 10.1. The van der Waals surface area contributed by atoms with Crippen LogP contribution in [-0.4, -0.2) is 11.9 Å². The summed E-state index contributed by atoms with van der Waals surface area (Å²) in [7, 11) is 0. The minimum atomic E-state index is -0.469. The van der Waals surface area contributed by atoms with Crippen molar-refractivity contribution in [3.05, 3.63) is 63.3 Å². The number of rotatable bonds is 5. The second-order valence-corrected chi connectivity index (χ2v) is 7.48. The summed E-state index contributed by atoms with van der Waals surface area (Å²) < 4.78 is 5.45. The Kier molecular flexibility index (Phi) is 5.53. The van der Waals surface area contributed by atoms with E-state index in [0.717, 1.165) is 16.0 Å². The zero-order valence-electron chi connectivity index (χ0n) is 13.2. The van der Waals surface area contributed by atoms with Crippen molar-refractivity contribution in [1.29, 1.82) is 0 Å². The van der Waals surface area contributed by atoms with Crippen molar-refractivity contribution in [3.63, 3.8) is 0 Å². The molecule has 0 radical (unpaired) electrons. The first kappa shape index (κ1) is 17.7. The summed E-state index contributed by atoms with van der Waals surface area (Å²) in [6.45, 7) is 1.54. The van der Waals surface area contributed by atoms with Gasteiger partial charge in [-0.15, -0.1) is 22.7 Å². The van der Waals surface area contributed by atoms with Gasteiger partial charge in [0.05, 0.1) is 0 Å². The molecular weight excluding hydrogens is 378 g/mol. The number of ether oxygens (including phenoxy) is 1. The van der Waals surface area contributed by atoms with Crippen molar-refractivity contribution < 1.29 is 14.3 Å². The van der Waals surface area contributed by atoms with Crippen molar-refractivity contribution in [2.45, 2.75) is 13.5 Å². The van der Waals surface area contributed by atoms with Gasteiger partial charge in [0.15, 0.2) is 0 Å². The normalized spacial score (nSPS) is 10.5. The fourth-order valence-corrected chi connectivity index (χ4v) is 4.17. The molecule has 0 fully saturated rings. The van der Waals surface area contributed by atoms with E-state index in [4.69, 9.17) is 16.3 Å². The molecule has 0 saturated heterocycles. The Morgan fingerprint density at radius 1 is 1.16 bits per heavy atom. The second-order valence-electron chi connectivity index (χ2n) is 5.21. The molecule has 25 heavy (non-hydrogen) atoms. The van der Waals surface area contributed by atoms with Crippen LogP contribution in [0.15, 0.2) is 47.2 Å². The number of hydrogen-bond acceptors (Lipinski definition) is 5. The number of esters is 1. The fourth-order valence-electron chi connectivity index (χ4n) is 2.23. The van der Waals surface area contributed by atoms with E-state index in [1.807, 2.05) is 22.9 Å². The summed E-state index contributed by atoms with van der Waals surface area (Å²) in [5.41, 5.74) is 1.99. The molecule has 3 rings (SSSR count). The zero-order chi connectivity index (χ0) is 17.8. The molecular formula is C18H14ClNO3S2. The molecule has 0 aliphatic carbocycles. The number of carbonyl (C=O) groups is 2. The molecule has 2 heterocycles. The zero-order valence-corrected chi connectivity index (χ0v) is 15.6. The number of carbonyl (C=O) groups excluding carboxylic acids is 2. The molecule has 3 aromatic rings. The molecule has 0 aliphatic rings. The van der Waals surface area contributed by atoms with E-state index in [0.29, 0.717) is 15.6 Å². The van der Waals surface area contributed by atoms with Crippen molar-refractivity contribution in [2.24, 2.45) is 0 Å². The molecule has 2 aromatic heterocycles. The van der Waals surface area contributed by atoms with Gasteiger partial charge in [-0.25, -0.2) is 4.79 Å². The molecule has 4 nitrogen and oxygen atoms in total. The summed E-state index contributed by atoms with van der Waals surface area (Å²) >= 11 is 8.70. The highest BCUT2D eigenvalue weighted by molar-refractivity contribution is 7.17.